The molecule has 0 aliphatic carbocycles. The second-order valence-electron chi connectivity index (χ2n) is 3.67. The van der Waals surface area contributed by atoms with Crippen molar-refractivity contribution in [3.63, 3.8) is 0 Å². The third-order valence-electron chi connectivity index (χ3n) is 2.34. The molecular formula is C15H13N3O. The van der Waals surface area contributed by atoms with Crippen LogP contribution in [0.5, 0.6) is 0 Å². The Bertz CT molecular complexity index is 579. The average molecular weight is 251 g/mol. The number of aromatic nitrogens is 2. The first-order valence-electron chi connectivity index (χ1n) is 5.81. The van der Waals surface area contributed by atoms with Crippen LogP contribution in [0.4, 0.5) is 0 Å². The lowest BCUT2D eigenvalue weighted by Gasteiger charge is -1.91. The fraction of sp³-hybridized carbons (Fsp3) is 0. The number of hydrogen-bond acceptors (Lipinski definition) is 4. The standard InChI is InChI=1S/C8H6N2.C7H7NO/c1-3-7-8(9-5-1)4-2-6-10-7;9-6-7-4-2-1-3-5-8-7/h1-6H;1-6,8H. The molecule has 0 saturated carbocycles. The summed E-state index contributed by atoms with van der Waals surface area (Å²) in [6.07, 6.45) is 13.2. The van der Waals surface area contributed by atoms with Crippen molar-refractivity contribution >= 4 is 17.3 Å². The summed E-state index contributed by atoms with van der Waals surface area (Å²) in [7, 11) is 0. The molecular weight excluding hydrogens is 238 g/mol. The van der Waals surface area contributed by atoms with Gasteiger partial charge < -0.3 is 5.32 Å². The van der Waals surface area contributed by atoms with Crippen LogP contribution in [0, 0.1) is 0 Å². The highest BCUT2D eigenvalue weighted by molar-refractivity contribution is 5.73. The molecule has 4 heteroatoms. The van der Waals surface area contributed by atoms with Gasteiger partial charge in [-0.25, -0.2) is 0 Å². The van der Waals surface area contributed by atoms with Crippen LogP contribution in [0.25, 0.3) is 11.0 Å². The van der Waals surface area contributed by atoms with Crippen LogP contribution in [0.1, 0.15) is 0 Å². The number of carbonyl (C=O) groups excluding carboxylic acids is 1. The van der Waals surface area contributed by atoms with Gasteiger partial charge in [-0.05, 0) is 36.4 Å². The van der Waals surface area contributed by atoms with Gasteiger partial charge in [0.15, 0.2) is 6.29 Å². The van der Waals surface area contributed by atoms with Gasteiger partial charge >= 0.3 is 0 Å². The molecule has 1 aliphatic heterocycles. The summed E-state index contributed by atoms with van der Waals surface area (Å²) in [5, 5.41) is 2.78. The SMILES string of the molecule is O=CC1=CC=CC=CN1.c1cnc2cccnc2c1. The number of aldehydes is 1. The minimum Gasteiger partial charge on any atom is -0.359 e. The molecule has 0 atom stereocenters. The number of pyridine rings is 2. The van der Waals surface area contributed by atoms with Gasteiger partial charge in [-0.2, -0.15) is 0 Å². The normalized spacial score (nSPS) is 12.7. The largest absolute Gasteiger partial charge is 0.359 e. The summed E-state index contributed by atoms with van der Waals surface area (Å²) in [6, 6.07) is 7.66. The predicted molar refractivity (Wildman–Crippen MR) is 75.1 cm³/mol. The summed E-state index contributed by atoms with van der Waals surface area (Å²) in [5.74, 6) is 0. The van der Waals surface area contributed by atoms with Gasteiger partial charge in [0.25, 0.3) is 0 Å². The Morgan fingerprint density at radius 1 is 0.947 bits per heavy atom. The first-order valence-corrected chi connectivity index (χ1v) is 5.81. The number of hydrogen-bond donors (Lipinski definition) is 1. The molecule has 3 heterocycles. The summed E-state index contributed by atoms with van der Waals surface area (Å²) < 4.78 is 0. The zero-order chi connectivity index (χ0) is 13.3. The number of nitrogens with zero attached hydrogens (tertiary/aromatic N) is 2. The minimum atomic E-state index is 0.583. The molecule has 0 saturated heterocycles. The smallest absolute Gasteiger partial charge is 0.166 e. The van der Waals surface area contributed by atoms with E-state index in [0.717, 1.165) is 17.3 Å². The number of rotatable bonds is 1. The summed E-state index contributed by atoms with van der Waals surface area (Å²) >= 11 is 0. The van der Waals surface area contributed by atoms with E-state index in [9.17, 15) is 4.79 Å². The van der Waals surface area contributed by atoms with Crippen LogP contribution >= 0.6 is 0 Å². The Morgan fingerprint density at radius 3 is 2.26 bits per heavy atom. The van der Waals surface area contributed by atoms with E-state index < -0.39 is 0 Å². The van der Waals surface area contributed by atoms with Crippen molar-refractivity contribution in [2.24, 2.45) is 0 Å². The molecule has 2 aromatic rings. The fourth-order valence-corrected chi connectivity index (χ4v) is 1.45. The van der Waals surface area contributed by atoms with Gasteiger partial charge in [-0.15, -0.1) is 0 Å². The Balaban J connectivity index is 0.000000141. The van der Waals surface area contributed by atoms with E-state index in [4.69, 9.17) is 0 Å². The second-order valence-corrected chi connectivity index (χ2v) is 3.67. The van der Waals surface area contributed by atoms with Gasteiger partial charge in [0, 0.05) is 18.6 Å². The van der Waals surface area contributed by atoms with Crippen molar-refractivity contribution in [2.75, 3.05) is 0 Å². The Labute approximate surface area is 111 Å². The molecule has 2 aromatic heterocycles. The van der Waals surface area contributed by atoms with Crippen molar-refractivity contribution in [1.82, 2.24) is 15.3 Å². The zero-order valence-electron chi connectivity index (χ0n) is 10.2. The molecule has 4 nitrogen and oxygen atoms in total. The van der Waals surface area contributed by atoms with Crippen molar-refractivity contribution in [3.05, 3.63) is 72.9 Å². The van der Waals surface area contributed by atoms with E-state index in [2.05, 4.69) is 15.3 Å². The molecule has 0 radical (unpaired) electrons. The van der Waals surface area contributed by atoms with Crippen LogP contribution in [0.2, 0.25) is 0 Å². The lowest BCUT2D eigenvalue weighted by atomic mass is 10.3. The third-order valence-corrected chi connectivity index (χ3v) is 2.34. The zero-order valence-corrected chi connectivity index (χ0v) is 10.2. The van der Waals surface area contributed by atoms with Gasteiger partial charge in [0.2, 0.25) is 0 Å². The van der Waals surface area contributed by atoms with Gasteiger partial charge in [-0.3, -0.25) is 14.8 Å². The van der Waals surface area contributed by atoms with Crippen molar-refractivity contribution in [3.8, 4) is 0 Å². The number of carbonyl (C=O) groups is 1. The third kappa shape index (κ3) is 3.89. The quantitative estimate of drug-likeness (QED) is 0.790. The van der Waals surface area contributed by atoms with Gasteiger partial charge in [0.05, 0.1) is 16.7 Å². The molecule has 0 unspecified atom stereocenters. The van der Waals surface area contributed by atoms with E-state index in [1.807, 2.05) is 36.4 Å². The van der Waals surface area contributed by atoms with Gasteiger partial charge in [0.1, 0.15) is 0 Å². The van der Waals surface area contributed by atoms with Crippen LogP contribution < -0.4 is 5.32 Å². The molecule has 1 aliphatic rings. The van der Waals surface area contributed by atoms with Crippen LogP contribution in [-0.4, -0.2) is 16.3 Å². The number of nitrogens with one attached hydrogen (secondary N) is 1. The van der Waals surface area contributed by atoms with E-state index in [1.54, 1.807) is 30.7 Å². The highest BCUT2D eigenvalue weighted by Gasteiger charge is 1.88. The highest BCUT2D eigenvalue weighted by Crippen LogP contribution is 2.04. The average Bonchev–Trinajstić information content (AvgIpc) is 2.77. The number of allylic oxidation sites excluding steroid dienone is 5. The lowest BCUT2D eigenvalue weighted by molar-refractivity contribution is -0.105. The van der Waals surface area contributed by atoms with Crippen LogP contribution in [0.15, 0.2) is 72.9 Å². The van der Waals surface area contributed by atoms with Crippen molar-refractivity contribution in [1.29, 1.82) is 0 Å². The minimum absolute atomic E-state index is 0.583. The number of fused-ring (bicyclic) bond motifs is 1. The highest BCUT2D eigenvalue weighted by atomic mass is 16.1. The first-order chi connectivity index (χ1) is 9.40. The van der Waals surface area contributed by atoms with Crippen LogP contribution in [0.3, 0.4) is 0 Å². The van der Waals surface area contributed by atoms with Gasteiger partial charge in [-0.1, -0.05) is 12.2 Å². The monoisotopic (exact) mass is 251 g/mol. The molecule has 0 aromatic carbocycles. The van der Waals surface area contributed by atoms with Crippen molar-refractivity contribution in [2.45, 2.75) is 0 Å². The maximum absolute atomic E-state index is 10.1. The van der Waals surface area contributed by atoms with E-state index in [-0.39, 0.29) is 0 Å². The lowest BCUT2D eigenvalue weighted by Crippen LogP contribution is -2.03. The molecule has 0 spiro atoms. The Morgan fingerprint density at radius 2 is 1.63 bits per heavy atom. The predicted octanol–water partition coefficient (Wildman–Crippen LogP) is 2.37. The summed E-state index contributed by atoms with van der Waals surface area (Å²) in [6.45, 7) is 0. The molecule has 0 bridgehead atoms. The second kappa shape index (κ2) is 6.86. The van der Waals surface area contributed by atoms with E-state index >= 15 is 0 Å². The van der Waals surface area contributed by atoms with Crippen LogP contribution in [-0.2, 0) is 4.79 Å². The molecule has 3 rings (SSSR count). The first kappa shape index (κ1) is 12.7. The van der Waals surface area contributed by atoms with E-state index in [1.165, 1.54) is 0 Å². The Kier molecular flexibility index (Phi) is 4.58. The summed E-state index contributed by atoms with van der Waals surface area (Å²) in [4.78, 5) is 18.4. The molecule has 1 N–H and O–H groups in total. The maximum Gasteiger partial charge on any atom is 0.166 e. The topological polar surface area (TPSA) is 54.9 Å². The fourth-order valence-electron chi connectivity index (χ4n) is 1.45. The molecule has 94 valence electrons. The van der Waals surface area contributed by atoms with Crippen molar-refractivity contribution < 1.29 is 4.79 Å². The summed E-state index contributed by atoms with van der Waals surface area (Å²) in [5.41, 5.74) is 2.48. The maximum atomic E-state index is 10.1. The van der Waals surface area contributed by atoms with E-state index in [0.29, 0.717) is 5.70 Å². The molecule has 19 heavy (non-hydrogen) atoms. The molecule has 0 fully saturated rings. The molecule has 0 amide bonds. The Hall–Kier alpha value is -2.75.